The van der Waals surface area contributed by atoms with Crippen LogP contribution in [-0.2, 0) is 0 Å². The van der Waals surface area contributed by atoms with Crippen LogP contribution in [0.15, 0.2) is 12.4 Å². The van der Waals surface area contributed by atoms with Crippen molar-refractivity contribution in [2.45, 2.75) is 50.9 Å². The van der Waals surface area contributed by atoms with Crippen molar-refractivity contribution < 1.29 is 9.90 Å². The molecule has 2 aliphatic rings. The van der Waals surface area contributed by atoms with Crippen LogP contribution in [0.25, 0.3) is 0 Å². The molecule has 120 valence electrons. The molecule has 0 atom stereocenters. The van der Waals surface area contributed by atoms with Crippen LogP contribution in [0.5, 0.6) is 0 Å². The van der Waals surface area contributed by atoms with E-state index in [1.54, 1.807) is 17.3 Å². The maximum absolute atomic E-state index is 12.6. The summed E-state index contributed by atoms with van der Waals surface area (Å²) in [6.07, 6.45) is 11.8. The van der Waals surface area contributed by atoms with Crippen molar-refractivity contribution >= 4 is 5.91 Å². The first-order valence-corrected chi connectivity index (χ1v) is 8.50. The Morgan fingerprint density at radius 3 is 2.41 bits per heavy atom. The molecule has 22 heavy (non-hydrogen) atoms. The monoisotopic (exact) mass is 303 g/mol. The van der Waals surface area contributed by atoms with E-state index in [4.69, 9.17) is 0 Å². The van der Waals surface area contributed by atoms with E-state index >= 15 is 0 Å². The maximum Gasteiger partial charge on any atom is 0.257 e. The molecule has 1 heterocycles. The number of carbonyl (C=O) groups excluding carboxylic acids is 1. The molecule has 2 aliphatic carbocycles. The van der Waals surface area contributed by atoms with Gasteiger partial charge in [0, 0.05) is 31.4 Å². The summed E-state index contributed by atoms with van der Waals surface area (Å²) < 4.78 is 0. The van der Waals surface area contributed by atoms with E-state index < -0.39 is 0 Å². The Labute approximate surface area is 131 Å². The van der Waals surface area contributed by atoms with Crippen LogP contribution in [0.3, 0.4) is 0 Å². The molecule has 5 nitrogen and oxygen atoms in total. The summed E-state index contributed by atoms with van der Waals surface area (Å²) in [5.74, 6) is 1.87. The van der Waals surface area contributed by atoms with Gasteiger partial charge in [0.2, 0.25) is 0 Å². The number of aromatic nitrogens is 2. The van der Waals surface area contributed by atoms with Gasteiger partial charge in [0.1, 0.15) is 5.82 Å². The van der Waals surface area contributed by atoms with Crippen molar-refractivity contribution in [3.05, 3.63) is 23.8 Å². The van der Waals surface area contributed by atoms with Gasteiger partial charge in [0.25, 0.3) is 5.91 Å². The lowest BCUT2D eigenvalue weighted by atomic mass is 9.89. The van der Waals surface area contributed by atoms with E-state index in [1.165, 1.54) is 32.1 Å². The number of amides is 1. The zero-order chi connectivity index (χ0) is 15.4. The SMILES string of the molecule is O=C(c1cnc(C2CC2)nc1)N(CCO)CC1CCCCC1. The predicted molar refractivity (Wildman–Crippen MR) is 83.6 cm³/mol. The van der Waals surface area contributed by atoms with Gasteiger partial charge in [-0.25, -0.2) is 9.97 Å². The molecule has 1 N–H and O–H groups in total. The molecular formula is C17H25N3O2. The van der Waals surface area contributed by atoms with Gasteiger partial charge >= 0.3 is 0 Å². The summed E-state index contributed by atoms with van der Waals surface area (Å²) in [5, 5.41) is 9.26. The van der Waals surface area contributed by atoms with Gasteiger partial charge in [-0.2, -0.15) is 0 Å². The van der Waals surface area contributed by atoms with Crippen molar-refractivity contribution in [1.29, 1.82) is 0 Å². The van der Waals surface area contributed by atoms with E-state index in [0.29, 0.717) is 23.9 Å². The van der Waals surface area contributed by atoms with Crippen LogP contribution in [0.4, 0.5) is 0 Å². The van der Waals surface area contributed by atoms with Crippen molar-refractivity contribution in [3.8, 4) is 0 Å². The molecule has 2 fully saturated rings. The normalized spacial score (nSPS) is 19.1. The Morgan fingerprint density at radius 1 is 1.14 bits per heavy atom. The molecule has 0 spiro atoms. The Bertz CT molecular complexity index is 493. The fourth-order valence-electron chi connectivity index (χ4n) is 3.26. The summed E-state index contributed by atoms with van der Waals surface area (Å²) in [6.45, 7) is 1.13. The van der Waals surface area contributed by atoms with Gasteiger partial charge in [-0.05, 0) is 31.6 Å². The smallest absolute Gasteiger partial charge is 0.257 e. The zero-order valence-corrected chi connectivity index (χ0v) is 13.1. The quantitative estimate of drug-likeness (QED) is 0.876. The molecule has 1 aromatic heterocycles. The third-order valence-electron chi connectivity index (χ3n) is 4.72. The Hall–Kier alpha value is -1.49. The molecule has 3 rings (SSSR count). The van der Waals surface area contributed by atoms with Crippen LogP contribution in [0.1, 0.15) is 67.0 Å². The predicted octanol–water partition coefficient (Wildman–Crippen LogP) is 2.37. The second kappa shape index (κ2) is 7.18. The third kappa shape index (κ3) is 3.83. The average molecular weight is 303 g/mol. The molecule has 0 aromatic carbocycles. The van der Waals surface area contributed by atoms with Crippen molar-refractivity contribution in [3.63, 3.8) is 0 Å². The topological polar surface area (TPSA) is 66.3 Å². The second-order valence-corrected chi connectivity index (χ2v) is 6.58. The van der Waals surface area contributed by atoms with Crippen LogP contribution >= 0.6 is 0 Å². The average Bonchev–Trinajstić information content (AvgIpc) is 3.40. The van der Waals surface area contributed by atoms with Crippen molar-refractivity contribution in [2.24, 2.45) is 5.92 Å². The summed E-state index contributed by atoms with van der Waals surface area (Å²) in [7, 11) is 0. The van der Waals surface area contributed by atoms with Gasteiger partial charge in [0.05, 0.1) is 12.2 Å². The standard InChI is InChI=1S/C17H25N3O2/c21-9-8-20(12-13-4-2-1-3-5-13)17(22)15-10-18-16(19-11-15)14-6-7-14/h10-11,13-14,21H,1-9,12H2. The minimum atomic E-state index is -0.0537. The Balaban J connectivity index is 1.64. The fourth-order valence-corrected chi connectivity index (χ4v) is 3.26. The molecule has 0 unspecified atom stereocenters. The highest BCUT2D eigenvalue weighted by Gasteiger charge is 2.27. The third-order valence-corrected chi connectivity index (χ3v) is 4.72. The minimum absolute atomic E-state index is 0.000521. The minimum Gasteiger partial charge on any atom is -0.395 e. The first-order valence-electron chi connectivity index (χ1n) is 8.50. The van der Waals surface area contributed by atoms with Crippen molar-refractivity contribution in [2.75, 3.05) is 19.7 Å². The molecule has 0 radical (unpaired) electrons. The van der Waals surface area contributed by atoms with E-state index in [-0.39, 0.29) is 12.5 Å². The molecule has 1 amide bonds. The van der Waals surface area contributed by atoms with Crippen LogP contribution in [-0.4, -0.2) is 45.6 Å². The number of rotatable bonds is 6. The number of aliphatic hydroxyl groups excluding tert-OH is 1. The molecule has 0 aliphatic heterocycles. The first-order chi connectivity index (χ1) is 10.8. The molecule has 0 saturated heterocycles. The Morgan fingerprint density at radius 2 is 1.82 bits per heavy atom. The van der Waals surface area contributed by atoms with Gasteiger partial charge in [-0.3, -0.25) is 4.79 Å². The van der Waals surface area contributed by atoms with Gasteiger partial charge in [-0.1, -0.05) is 19.3 Å². The molecule has 1 aromatic rings. The highest BCUT2D eigenvalue weighted by molar-refractivity contribution is 5.93. The summed E-state index contributed by atoms with van der Waals surface area (Å²) in [5.41, 5.74) is 0.536. The van der Waals surface area contributed by atoms with E-state index in [9.17, 15) is 9.90 Å². The van der Waals surface area contributed by atoms with Crippen LogP contribution < -0.4 is 0 Å². The molecular weight excluding hydrogens is 278 g/mol. The lowest BCUT2D eigenvalue weighted by molar-refractivity contribution is 0.0674. The highest BCUT2D eigenvalue weighted by atomic mass is 16.3. The van der Waals surface area contributed by atoms with Gasteiger partial charge < -0.3 is 10.0 Å². The zero-order valence-electron chi connectivity index (χ0n) is 13.1. The Kier molecular flexibility index (Phi) is 5.03. The van der Waals surface area contributed by atoms with Gasteiger partial charge in [0.15, 0.2) is 0 Å². The van der Waals surface area contributed by atoms with E-state index in [0.717, 1.165) is 25.2 Å². The molecule has 0 bridgehead atoms. The number of carbonyl (C=O) groups is 1. The number of hydrogen-bond acceptors (Lipinski definition) is 4. The van der Waals surface area contributed by atoms with Crippen LogP contribution in [0.2, 0.25) is 0 Å². The van der Waals surface area contributed by atoms with Crippen LogP contribution in [0, 0.1) is 5.92 Å². The summed E-state index contributed by atoms with van der Waals surface area (Å²) in [4.78, 5) is 23.1. The maximum atomic E-state index is 12.6. The number of aliphatic hydroxyl groups is 1. The van der Waals surface area contributed by atoms with Crippen molar-refractivity contribution in [1.82, 2.24) is 14.9 Å². The van der Waals surface area contributed by atoms with Gasteiger partial charge in [-0.15, -0.1) is 0 Å². The first kappa shape index (κ1) is 15.4. The fraction of sp³-hybridized carbons (Fsp3) is 0.706. The summed E-state index contributed by atoms with van der Waals surface area (Å²) in [6, 6.07) is 0. The van der Waals surface area contributed by atoms with E-state index in [1.807, 2.05) is 0 Å². The molecule has 5 heteroatoms. The second-order valence-electron chi connectivity index (χ2n) is 6.58. The number of nitrogens with zero attached hydrogens (tertiary/aromatic N) is 3. The highest BCUT2D eigenvalue weighted by Crippen LogP contribution is 2.37. The summed E-state index contributed by atoms with van der Waals surface area (Å²) >= 11 is 0. The lowest BCUT2D eigenvalue weighted by Gasteiger charge is -2.29. The van der Waals surface area contributed by atoms with E-state index in [2.05, 4.69) is 9.97 Å². The lowest BCUT2D eigenvalue weighted by Crippen LogP contribution is -2.38. The molecule has 2 saturated carbocycles. The largest absolute Gasteiger partial charge is 0.395 e. The number of hydrogen-bond donors (Lipinski definition) is 1.